The Hall–Kier alpha value is -2.58. The first-order valence-corrected chi connectivity index (χ1v) is 7.07. The highest BCUT2D eigenvalue weighted by Crippen LogP contribution is 2.26. The number of nitriles is 1. The van der Waals surface area contributed by atoms with Crippen molar-refractivity contribution < 1.29 is 0 Å². The molecule has 0 aliphatic heterocycles. The van der Waals surface area contributed by atoms with Gasteiger partial charge in [0.25, 0.3) is 0 Å². The lowest BCUT2D eigenvalue weighted by Crippen LogP contribution is -1.99. The molecular formula is C16H11BrN4. The Bertz CT molecular complexity index is 828. The van der Waals surface area contributed by atoms with E-state index < -0.39 is 0 Å². The third-order valence-corrected chi connectivity index (χ3v) is 3.64. The van der Waals surface area contributed by atoms with E-state index in [0.717, 1.165) is 21.5 Å². The summed E-state index contributed by atoms with van der Waals surface area (Å²) in [6.45, 7) is 0. The molecule has 4 nitrogen and oxygen atoms in total. The summed E-state index contributed by atoms with van der Waals surface area (Å²) < 4.78 is 2.81. The van der Waals surface area contributed by atoms with Gasteiger partial charge in [-0.2, -0.15) is 5.26 Å². The van der Waals surface area contributed by atoms with Crippen LogP contribution in [-0.2, 0) is 0 Å². The van der Waals surface area contributed by atoms with Crippen LogP contribution in [0.5, 0.6) is 0 Å². The molecule has 0 fully saturated rings. The number of nitrogens with zero attached hydrogens (tertiary/aromatic N) is 3. The molecule has 5 heteroatoms. The van der Waals surface area contributed by atoms with Gasteiger partial charge in [-0.3, -0.25) is 4.57 Å². The molecule has 0 saturated heterocycles. The number of rotatable bonds is 2. The van der Waals surface area contributed by atoms with E-state index in [-0.39, 0.29) is 0 Å². The molecule has 3 rings (SSSR count). The molecule has 0 aliphatic rings. The zero-order valence-electron chi connectivity index (χ0n) is 11.0. The average molecular weight is 339 g/mol. The fourth-order valence-electron chi connectivity index (χ4n) is 2.14. The van der Waals surface area contributed by atoms with Gasteiger partial charge in [-0.25, -0.2) is 4.98 Å². The first-order chi connectivity index (χ1) is 10.2. The number of nitrogen functional groups attached to an aromatic ring is 1. The third kappa shape index (κ3) is 2.54. The van der Waals surface area contributed by atoms with Gasteiger partial charge in [-0.05, 0) is 42.5 Å². The molecule has 0 aliphatic carbocycles. The van der Waals surface area contributed by atoms with Gasteiger partial charge < -0.3 is 5.73 Å². The molecule has 0 spiro atoms. The van der Waals surface area contributed by atoms with E-state index in [0.29, 0.717) is 11.3 Å². The van der Waals surface area contributed by atoms with Gasteiger partial charge >= 0.3 is 0 Å². The molecule has 1 heterocycles. The van der Waals surface area contributed by atoms with Crippen LogP contribution in [0.1, 0.15) is 5.56 Å². The predicted octanol–water partition coefficient (Wildman–Crippen LogP) is 3.76. The first-order valence-electron chi connectivity index (χ1n) is 6.28. The smallest absolute Gasteiger partial charge is 0.144 e. The summed E-state index contributed by atoms with van der Waals surface area (Å²) in [6.07, 6.45) is 3.56. The molecule has 21 heavy (non-hydrogen) atoms. The standard InChI is InChI=1S/C16H11BrN4/c17-13-4-1-12(10-18)15(9-13)21-8-7-20-16(21)11-2-5-14(19)6-3-11/h1-9H,19H2. The summed E-state index contributed by atoms with van der Waals surface area (Å²) in [4.78, 5) is 4.39. The SMILES string of the molecule is N#Cc1ccc(Br)cc1-n1ccnc1-c1ccc(N)cc1. The van der Waals surface area contributed by atoms with Crippen molar-refractivity contribution >= 4 is 21.6 Å². The van der Waals surface area contributed by atoms with Crippen molar-refractivity contribution in [3.63, 3.8) is 0 Å². The van der Waals surface area contributed by atoms with Crippen molar-refractivity contribution in [3.05, 3.63) is 64.9 Å². The van der Waals surface area contributed by atoms with Gasteiger partial charge in [0, 0.05) is 28.1 Å². The third-order valence-electron chi connectivity index (χ3n) is 3.15. The Morgan fingerprint density at radius 2 is 1.90 bits per heavy atom. The van der Waals surface area contributed by atoms with Crippen LogP contribution in [-0.4, -0.2) is 9.55 Å². The maximum Gasteiger partial charge on any atom is 0.144 e. The van der Waals surface area contributed by atoms with Crippen molar-refractivity contribution in [2.24, 2.45) is 0 Å². The molecule has 2 aromatic carbocycles. The minimum Gasteiger partial charge on any atom is -0.399 e. The van der Waals surface area contributed by atoms with E-state index in [4.69, 9.17) is 5.73 Å². The van der Waals surface area contributed by atoms with Crippen molar-refractivity contribution in [2.75, 3.05) is 5.73 Å². The van der Waals surface area contributed by atoms with Gasteiger partial charge in [0.2, 0.25) is 0 Å². The Kier molecular flexibility index (Phi) is 3.46. The highest BCUT2D eigenvalue weighted by atomic mass is 79.9. The zero-order chi connectivity index (χ0) is 14.8. The second-order valence-electron chi connectivity index (χ2n) is 4.52. The Balaban J connectivity index is 2.18. The molecule has 0 atom stereocenters. The highest BCUT2D eigenvalue weighted by molar-refractivity contribution is 9.10. The molecular weight excluding hydrogens is 328 g/mol. The molecule has 0 unspecified atom stereocenters. The molecule has 1 aromatic heterocycles. The highest BCUT2D eigenvalue weighted by Gasteiger charge is 2.11. The largest absolute Gasteiger partial charge is 0.399 e. The van der Waals surface area contributed by atoms with E-state index >= 15 is 0 Å². The minimum atomic E-state index is 0.591. The Morgan fingerprint density at radius 3 is 2.62 bits per heavy atom. The van der Waals surface area contributed by atoms with Crippen LogP contribution >= 0.6 is 15.9 Å². The molecule has 3 aromatic rings. The summed E-state index contributed by atoms with van der Waals surface area (Å²) in [7, 11) is 0. The summed E-state index contributed by atoms with van der Waals surface area (Å²) >= 11 is 3.44. The topological polar surface area (TPSA) is 67.6 Å². The summed E-state index contributed by atoms with van der Waals surface area (Å²) in [5.41, 5.74) is 8.75. The van der Waals surface area contributed by atoms with Crippen LogP contribution in [0.15, 0.2) is 59.3 Å². The van der Waals surface area contributed by atoms with Crippen molar-refractivity contribution in [2.45, 2.75) is 0 Å². The van der Waals surface area contributed by atoms with Gasteiger partial charge in [-0.15, -0.1) is 0 Å². The molecule has 0 amide bonds. The van der Waals surface area contributed by atoms with Gasteiger partial charge in [-0.1, -0.05) is 15.9 Å². The number of benzene rings is 2. The predicted molar refractivity (Wildman–Crippen MR) is 85.8 cm³/mol. The van der Waals surface area contributed by atoms with Crippen LogP contribution in [0.2, 0.25) is 0 Å². The number of imidazole rings is 1. The Morgan fingerprint density at radius 1 is 1.14 bits per heavy atom. The number of anilines is 1. The number of halogens is 1. The lowest BCUT2D eigenvalue weighted by Gasteiger charge is -2.10. The van der Waals surface area contributed by atoms with E-state index in [1.54, 1.807) is 12.3 Å². The van der Waals surface area contributed by atoms with Crippen LogP contribution in [0, 0.1) is 11.3 Å². The summed E-state index contributed by atoms with van der Waals surface area (Å²) in [5, 5.41) is 9.29. The molecule has 102 valence electrons. The number of aromatic nitrogens is 2. The maximum absolute atomic E-state index is 9.29. The van der Waals surface area contributed by atoms with Gasteiger partial charge in [0.1, 0.15) is 11.9 Å². The van der Waals surface area contributed by atoms with Crippen LogP contribution in [0.3, 0.4) is 0 Å². The van der Waals surface area contributed by atoms with Crippen LogP contribution in [0.25, 0.3) is 17.1 Å². The second-order valence-corrected chi connectivity index (χ2v) is 5.43. The lowest BCUT2D eigenvalue weighted by atomic mass is 10.1. The Labute approximate surface area is 130 Å². The van der Waals surface area contributed by atoms with Crippen molar-refractivity contribution in [1.29, 1.82) is 5.26 Å². The van der Waals surface area contributed by atoms with Gasteiger partial charge in [0.15, 0.2) is 0 Å². The van der Waals surface area contributed by atoms with E-state index in [2.05, 4.69) is 27.0 Å². The van der Waals surface area contributed by atoms with Crippen LogP contribution < -0.4 is 5.73 Å². The minimum absolute atomic E-state index is 0.591. The average Bonchev–Trinajstić information content (AvgIpc) is 2.97. The monoisotopic (exact) mass is 338 g/mol. The van der Waals surface area contributed by atoms with E-state index in [1.165, 1.54) is 0 Å². The second kappa shape index (κ2) is 5.43. The number of hydrogen-bond acceptors (Lipinski definition) is 3. The zero-order valence-corrected chi connectivity index (χ0v) is 12.6. The summed E-state index contributed by atoms with van der Waals surface area (Å²) in [5.74, 6) is 0.768. The molecule has 0 radical (unpaired) electrons. The van der Waals surface area contributed by atoms with E-state index in [1.807, 2.05) is 47.2 Å². The maximum atomic E-state index is 9.29. The number of hydrogen-bond donors (Lipinski definition) is 1. The first kappa shape index (κ1) is 13.4. The van der Waals surface area contributed by atoms with E-state index in [9.17, 15) is 5.26 Å². The van der Waals surface area contributed by atoms with Crippen LogP contribution in [0.4, 0.5) is 5.69 Å². The van der Waals surface area contributed by atoms with Gasteiger partial charge in [0.05, 0.1) is 11.3 Å². The summed E-state index contributed by atoms with van der Waals surface area (Å²) in [6, 6.07) is 15.2. The lowest BCUT2D eigenvalue weighted by molar-refractivity contribution is 1.06. The molecule has 0 bridgehead atoms. The normalized spacial score (nSPS) is 10.3. The quantitative estimate of drug-likeness (QED) is 0.723. The number of nitrogens with two attached hydrogens (primary N) is 1. The molecule has 0 saturated carbocycles. The van der Waals surface area contributed by atoms with Crippen molar-refractivity contribution in [1.82, 2.24) is 9.55 Å². The van der Waals surface area contributed by atoms with Crippen molar-refractivity contribution in [3.8, 4) is 23.1 Å². The fraction of sp³-hybridized carbons (Fsp3) is 0. The molecule has 2 N–H and O–H groups in total. The fourth-order valence-corrected chi connectivity index (χ4v) is 2.49.